The molecule has 322 valence electrons. The number of aromatic nitrogens is 4. The minimum Gasteiger partial charge on any atom is -0.453 e. The van der Waals surface area contributed by atoms with Crippen LogP contribution in [0.1, 0.15) is 83.5 Å². The molecule has 15 nitrogen and oxygen atoms in total. The first-order valence-corrected chi connectivity index (χ1v) is 21.3. The molecule has 3 fully saturated rings. The van der Waals surface area contributed by atoms with E-state index in [0.29, 0.717) is 26.1 Å². The van der Waals surface area contributed by atoms with Crippen LogP contribution in [0, 0.1) is 17.3 Å². The van der Waals surface area contributed by atoms with Crippen molar-refractivity contribution < 1.29 is 33.4 Å². The minimum absolute atomic E-state index is 0.111. The monoisotopic (exact) mass is 832 g/mol. The first-order chi connectivity index (χ1) is 29.4. The molecule has 1 spiro atoms. The number of likely N-dealkylation sites (tertiary alicyclic amines) is 2. The van der Waals surface area contributed by atoms with Crippen molar-refractivity contribution >= 4 is 45.8 Å². The molecule has 5 heterocycles. The van der Waals surface area contributed by atoms with E-state index in [0.717, 1.165) is 88.1 Å². The summed E-state index contributed by atoms with van der Waals surface area (Å²) in [4.78, 5) is 72.8. The van der Waals surface area contributed by atoms with Gasteiger partial charge < -0.3 is 44.6 Å². The number of methoxy groups -OCH3 is 2. The first-order valence-electron chi connectivity index (χ1n) is 21.3. The van der Waals surface area contributed by atoms with Gasteiger partial charge in [-0.15, -0.1) is 0 Å². The number of nitrogens with one attached hydrogen (secondary N) is 4. The summed E-state index contributed by atoms with van der Waals surface area (Å²) in [5, 5.41) is 7.52. The van der Waals surface area contributed by atoms with Crippen LogP contribution in [-0.2, 0) is 23.8 Å². The van der Waals surface area contributed by atoms with Gasteiger partial charge in [-0.3, -0.25) is 9.59 Å². The number of aromatic amines is 2. The molecule has 0 saturated carbocycles. The standard InChI is InChI=1S/C46H56N8O7/c1-26(2)37(51-44(57)59-5)42(55)53-19-7-9-35(53)40-47-23-34(49-40)29-12-10-28(11-13-29)30-14-16-32-31(21-30)15-17-33-39(32)50-41(48-33)36-22-46(18-8-20-61-25-46)24-54(36)43(56)38(27(3)4)52-45(58)60-6/h10-17,21,23,26-27,35-38H,7-9,18-20,22,24-25H2,1-6H3,(H,47,49)(H,48,50)(H,51,57)(H,52,58)/t35-,36-,37-,38-,46-/m0/s1. The molecule has 0 bridgehead atoms. The summed E-state index contributed by atoms with van der Waals surface area (Å²) in [5.41, 5.74) is 5.49. The number of ether oxygens (including phenoxy) is 3. The fourth-order valence-corrected chi connectivity index (χ4v) is 9.45. The van der Waals surface area contributed by atoms with Crippen molar-refractivity contribution in [2.75, 3.05) is 40.5 Å². The predicted octanol–water partition coefficient (Wildman–Crippen LogP) is 7.27. The van der Waals surface area contributed by atoms with Gasteiger partial charge in [0.25, 0.3) is 0 Å². The van der Waals surface area contributed by atoms with E-state index in [1.54, 1.807) is 0 Å². The van der Waals surface area contributed by atoms with Crippen LogP contribution in [0.15, 0.2) is 60.8 Å². The highest BCUT2D eigenvalue weighted by molar-refractivity contribution is 6.05. The molecule has 2 aromatic heterocycles. The van der Waals surface area contributed by atoms with E-state index in [1.165, 1.54) is 14.2 Å². The Balaban J connectivity index is 1.01. The van der Waals surface area contributed by atoms with Crippen LogP contribution in [0.2, 0.25) is 0 Å². The first kappa shape index (κ1) is 41.8. The lowest BCUT2D eigenvalue weighted by Gasteiger charge is -2.33. The van der Waals surface area contributed by atoms with Gasteiger partial charge in [0.05, 0.1) is 55.8 Å². The summed E-state index contributed by atoms with van der Waals surface area (Å²) in [6.45, 7) is 10.1. The smallest absolute Gasteiger partial charge is 0.407 e. The lowest BCUT2D eigenvalue weighted by Crippen LogP contribution is -2.51. The van der Waals surface area contributed by atoms with Crippen LogP contribution in [0.25, 0.3) is 44.2 Å². The third-order valence-corrected chi connectivity index (χ3v) is 12.8. The van der Waals surface area contributed by atoms with Crippen LogP contribution in [0.5, 0.6) is 0 Å². The van der Waals surface area contributed by atoms with Gasteiger partial charge in [-0.25, -0.2) is 19.6 Å². The molecule has 0 radical (unpaired) electrons. The third kappa shape index (κ3) is 8.27. The molecule has 0 unspecified atom stereocenters. The Bertz CT molecular complexity index is 2420. The number of amides is 4. The van der Waals surface area contributed by atoms with E-state index >= 15 is 0 Å². The summed E-state index contributed by atoms with van der Waals surface area (Å²) < 4.78 is 15.6. The number of hydrogen-bond donors (Lipinski definition) is 4. The van der Waals surface area contributed by atoms with Gasteiger partial charge >= 0.3 is 12.2 Å². The van der Waals surface area contributed by atoms with E-state index < -0.39 is 24.3 Å². The van der Waals surface area contributed by atoms with Crippen LogP contribution < -0.4 is 10.6 Å². The quantitative estimate of drug-likeness (QED) is 0.112. The number of hydrogen-bond acceptors (Lipinski definition) is 9. The molecule has 0 aliphatic carbocycles. The van der Waals surface area contributed by atoms with Crippen LogP contribution in [-0.4, -0.2) is 106 Å². The van der Waals surface area contributed by atoms with E-state index in [9.17, 15) is 19.2 Å². The maximum Gasteiger partial charge on any atom is 0.407 e. The maximum atomic E-state index is 14.3. The molecule has 15 heteroatoms. The second kappa shape index (κ2) is 17.2. The average molecular weight is 833 g/mol. The van der Waals surface area contributed by atoms with Crippen molar-refractivity contribution in [3.63, 3.8) is 0 Å². The molecule has 5 aromatic rings. The van der Waals surface area contributed by atoms with Crippen LogP contribution >= 0.6 is 0 Å². The Morgan fingerprint density at radius 3 is 2.13 bits per heavy atom. The SMILES string of the molecule is COC(=O)N[C@H](C(=O)N1CCC[C@H]1c1ncc(-c2ccc(-c3ccc4c(ccc5[nH]c([C@@H]6C[C@@]7(CCCOC7)CN6C(=O)[C@@H](NC(=O)OC)C(C)C)nc54)c3)cc2)[nH]1)C(C)C. The normalized spacial score (nSPS) is 21.4. The van der Waals surface area contributed by atoms with Crippen molar-refractivity contribution in [3.05, 3.63) is 72.4 Å². The van der Waals surface area contributed by atoms with E-state index in [-0.39, 0.29) is 41.1 Å². The molecule has 3 saturated heterocycles. The zero-order valence-corrected chi connectivity index (χ0v) is 35.7. The Morgan fingerprint density at radius 1 is 0.803 bits per heavy atom. The maximum absolute atomic E-state index is 14.3. The number of carbonyl (C=O) groups is 4. The van der Waals surface area contributed by atoms with Gasteiger partial charge in [-0.2, -0.15) is 0 Å². The number of H-pyrrole nitrogens is 2. The number of benzene rings is 3. The summed E-state index contributed by atoms with van der Waals surface area (Å²) in [5.74, 6) is 0.890. The highest BCUT2D eigenvalue weighted by atomic mass is 16.5. The van der Waals surface area contributed by atoms with E-state index in [2.05, 4.69) is 69.1 Å². The Kier molecular flexibility index (Phi) is 11.8. The molecule has 4 amide bonds. The number of fused-ring (bicyclic) bond motifs is 3. The topological polar surface area (TPSA) is 184 Å². The Labute approximate surface area is 355 Å². The van der Waals surface area contributed by atoms with Gasteiger partial charge in [0.1, 0.15) is 23.7 Å². The predicted molar refractivity (Wildman–Crippen MR) is 230 cm³/mol. The summed E-state index contributed by atoms with van der Waals surface area (Å²) >= 11 is 0. The molecule has 8 rings (SSSR count). The van der Waals surface area contributed by atoms with Crippen molar-refractivity contribution in [2.24, 2.45) is 17.3 Å². The fourth-order valence-electron chi connectivity index (χ4n) is 9.45. The Morgan fingerprint density at radius 2 is 1.48 bits per heavy atom. The van der Waals surface area contributed by atoms with Crippen molar-refractivity contribution in [2.45, 2.75) is 84.0 Å². The summed E-state index contributed by atoms with van der Waals surface area (Å²) in [6, 6.07) is 16.9. The van der Waals surface area contributed by atoms with Gasteiger partial charge in [-0.05, 0) is 78.1 Å². The average Bonchev–Trinajstić information content (AvgIpc) is 4.10. The minimum atomic E-state index is -0.744. The Hall–Kier alpha value is -5.96. The number of imidazole rings is 2. The summed E-state index contributed by atoms with van der Waals surface area (Å²) in [7, 11) is 2.59. The van der Waals surface area contributed by atoms with Gasteiger partial charge in [0, 0.05) is 30.5 Å². The summed E-state index contributed by atoms with van der Waals surface area (Å²) in [6.07, 6.45) is 4.78. The number of alkyl carbamates (subject to hydrolysis) is 2. The zero-order valence-electron chi connectivity index (χ0n) is 35.7. The molecular formula is C46H56N8O7. The highest BCUT2D eigenvalue weighted by Gasteiger charge is 2.50. The van der Waals surface area contributed by atoms with Crippen molar-refractivity contribution in [1.29, 1.82) is 0 Å². The number of rotatable bonds is 10. The lowest BCUT2D eigenvalue weighted by atomic mass is 9.80. The third-order valence-electron chi connectivity index (χ3n) is 12.8. The van der Waals surface area contributed by atoms with Crippen molar-refractivity contribution in [1.82, 2.24) is 40.4 Å². The largest absolute Gasteiger partial charge is 0.453 e. The zero-order chi connectivity index (χ0) is 43.0. The number of carbonyl (C=O) groups excluding carboxylic acids is 4. The second-order valence-corrected chi connectivity index (χ2v) is 17.5. The van der Waals surface area contributed by atoms with Gasteiger partial charge in [0.2, 0.25) is 11.8 Å². The van der Waals surface area contributed by atoms with Gasteiger partial charge in [-0.1, -0.05) is 70.2 Å². The molecule has 5 atom stereocenters. The molecule has 3 aromatic carbocycles. The fraction of sp³-hybridized carbons (Fsp3) is 0.478. The highest BCUT2D eigenvalue weighted by Crippen LogP contribution is 2.48. The molecule has 61 heavy (non-hydrogen) atoms. The van der Waals surface area contributed by atoms with Gasteiger partial charge in [0.15, 0.2) is 0 Å². The second-order valence-electron chi connectivity index (χ2n) is 17.5. The molecule has 3 aliphatic heterocycles. The van der Waals surface area contributed by atoms with Crippen LogP contribution in [0.3, 0.4) is 0 Å². The lowest BCUT2D eigenvalue weighted by molar-refractivity contribution is -0.136. The molecular weight excluding hydrogens is 777 g/mol. The van der Waals surface area contributed by atoms with E-state index in [1.807, 2.05) is 49.8 Å². The molecule has 3 aliphatic rings. The van der Waals surface area contributed by atoms with Crippen LogP contribution in [0.4, 0.5) is 9.59 Å². The molecule has 4 N–H and O–H groups in total. The van der Waals surface area contributed by atoms with Crippen molar-refractivity contribution in [3.8, 4) is 22.4 Å². The number of nitrogens with zero attached hydrogens (tertiary/aromatic N) is 4. The van der Waals surface area contributed by atoms with E-state index in [4.69, 9.17) is 24.2 Å².